The number of nitrogen functional groups attached to an aromatic ring is 1. The summed E-state index contributed by atoms with van der Waals surface area (Å²) in [6.45, 7) is 2.65. The van der Waals surface area contributed by atoms with Gasteiger partial charge in [-0.3, -0.25) is 0 Å². The third-order valence-corrected chi connectivity index (χ3v) is 3.09. The van der Waals surface area contributed by atoms with Gasteiger partial charge in [-0.25, -0.2) is 9.78 Å². The Balaban J connectivity index is 2.18. The molecule has 1 aromatic carbocycles. The highest BCUT2D eigenvalue weighted by atomic mass is 16.4. The maximum Gasteiger partial charge on any atom is 0.354 e. The number of hydrogen-bond donors (Lipinski definition) is 3. The topological polar surface area (TPSA) is 88.2 Å². The van der Waals surface area contributed by atoms with E-state index in [4.69, 9.17) is 10.8 Å². The minimum atomic E-state index is -1.07. The number of hydrogen-bond acceptors (Lipinski definition) is 4. The van der Waals surface area contributed by atoms with Crippen LogP contribution in [0.4, 0.5) is 11.5 Å². The number of aromatic carboxylic acids is 1. The zero-order valence-corrected chi connectivity index (χ0v) is 11.3. The molecule has 0 aliphatic rings. The third-order valence-electron chi connectivity index (χ3n) is 3.09. The molecule has 2 aromatic rings. The smallest absolute Gasteiger partial charge is 0.354 e. The molecular formula is C15H17N3O2. The van der Waals surface area contributed by atoms with Crippen molar-refractivity contribution in [2.45, 2.75) is 19.9 Å². The molecule has 0 fully saturated rings. The first-order chi connectivity index (χ1) is 9.61. The molecule has 0 aliphatic carbocycles. The van der Waals surface area contributed by atoms with Gasteiger partial charge in [-0.2, -0.15) is 0 Å². The molecular weight excluding hydrogens is 254 g/mol. The SMILES string of the molecule is CCc1ccccc1CNc1nc(C(=O)O)ccc1N. The fourth-order valence-electron chi connectivity index (χ4n) is 1.98. The van der Waals surface area contributed by atoms with Crippen molar-refractivity contribution in [1.82, 2.24) is 4.98 Å². The summed E-state index contributed by atoms with van der Waals surface area (Å²) in [5.74, 6) is -0.669. The Hall–Kier alpha value is -2.56. The summed E-state index contributed by atoms with van der Waals surface area (Å²) >= 11 is 0. The second-order valence-electron chi connectivity index (χ2n) is 4.42. The Morgan fingerprint density at radius 3 is 2.60 bits per heavy atom. The Bertz CT molecular complexity index is 626. The van der Waals surface area contributed by atoms with Crippen molar-refractivity contribution in [3.63, 3.8) is 0 Å². The van der Waals surface area contributed by atoms with E-state index in [9.17, 15) is 4.79 Å². The first-order valence-corrected chi connectivity index (χ1v) is 6.42. The summed E-state index contributed by atoms with van der Waals surface area (Å²) in [7, 11) is 0. The molecule has 0 amide bonds. The van der Waals surface area contributed by atoms with Gasteiger partial charge < -0.3 is 16.2 Å². The molecule has 0 saturated carbocycles. The molecule has 5 nitrogen and oxygen atoms in total. The molecule has 0 aliphatic heterocycles. The number of aromatic nitrogens is 1. The fourth-order valence-corrected chi connectivity index (χ4v) is 1.98. The van der Waals surface area contributed by atoms with Crippen LogP contribution in [-0.4, -0.2) is 16.1 Å². The number of pyridine rings is 1. The minimum Gasteiger partial charge on any atom is -0.477 e. The number of nitrogens with two attached hydrogens (primary N) is 1. The Labute approximate surface area is 117 Å². The molecule has 0 spiro atoms. The van der Waals surface area contributed by atoms with Crippen LogP contribution in [0.1, 0.15) is 28.5 Å². The maximum atomic E-state index is 10.9. The van der Waals surface area contributed by atoms with E-state index in [1.807, 2.05) is 18.2 Å². The molecule has 4 N–H and O–H groups in total. The summed E-state index contributed by atoms with van der Waals surface area (Å²) in [4.78, 5) is 14.9. The Morgan fingerprint density at radius 1 is 1.25 bits per heavy atom. The predicted molar refractivity (Wildman–Crippen MR) is 78.8 cm³/mol. The number of carboxylic acids is 1. The van der Waals surface area contributed by atoms with E-state index in [1.165, 1.54) is 11.6 Å². The van der Waals surface area contributed by atoms with Crippen molar-refractivity contribution in [3.8, 4) is 0 Å². The second kappa shape index (κ2) is 6.06. The lowest BCUT2D eigenvalue weighted by Gasteiger charge is -2.11. The lowest BCUT2D eigenvalue weighted by Crippen LogP contribution is -2.09. The zero-order chi connectivity index (χ0) is 14.5. The number of aryl methyl sites for hydroxylation is 1. The largest absolute Gasteiger partial charge is 0.477 e. The second-order valence-corrected chi connectivity index (χ2v) is 4.42. The van der Waals surface area contributed by atoms with E-state index < -0.39 is 5.97 Å². The van der Waals surface area contributed by atoms with E-state index in [-0.39, 0.29) is 5.69 Å². The Kier molecular flexibility index (Phi) is 4.20. The number of rotatable bonds is 5. The number of anilines is 2. The first kappa shape index (κ1) is 13.9. The van der Waals surface area contributed by atoms with Gasteiger partial charge in [0.2, 0.25) is 0 Å². The highest BCUT2D eigenvalue weighted by Crippen LogP contribution is 2.18. The van der Waals surface area contributed by atoms with Gasteiger partial charge in [0, 0.05) is 6.54 Å². The zero-order valence-electron chi connectivity index (χ0n) is 11.3. The van der Waals surface area contributed by atoms with E-state index in [0.29, 0.717) is 18.1 Å². The summed E-state index contributed by atoms with van der Waals surface area (Å²) in [5.41, 5.74) is 8.61. The van der Waals surface area contributed by atoms with E-state index >= 15 is 0 Å². The van der Waals surface area contributed by atoms with Gasteiger partial charge in [0.15, 0.2) is 5.69 Å². The predicted octanol–water partition coefficient (Wildman–Crippen LogP) is 2.54. The van der Waals surface area contributed by atoms with Crippen LogP contribution in [0.5, 0.6) is 0 Å². The van der Waals surface area contributed by atoms with E-state index in [2.05, 4.69) is 23.3 Å². The van der Waals surface area contributed by atoms with Crippen LogP contribution in [0.15, 0.2) is 36.4 Å². The average Bonchev–Trinajstić information content (AvgIpc) is 2.46. The highest BCUT2D eigenvalue weighted by molar-refractivity contribution is 5.86. The van der Waals surface area contributed by atoms with Crippen molar-refractivity contribution in [2.75, 3.05) is 11.1 Å². The van der Waals surface area contributed by atoms with E-state index in [0.717, 1.165) is 12.0 Å². The number of benzene rings is 1. The standard InChI is InChI=1S/C15H17N3O2/c1-2-10-5-3-4-6-11(10)9-17-14-12(16)7-8-13(18-14)15(19)20/h3-8H,2,9,16H2,1H3,(H,17,18)(H,19,20). The van der Waals surface area contributed by atoms with Crippen molar-refractivity contribution >= 4 is 17.5 Å². The summed E-state index contributed by atoms with van der Waals surface area (Å²) < 4.78 is 0. The lowest BCUT2D eigenvalue weighted by atomic mass is 10.1. The minimum absolute atomic E-state index is 0.0227. The van der Waals surface area contributed by atoms with Crippen molar-refractivity contribution in [3.05, 3.63) is 53.2 Å². The molecule has 0 saturated heterocycles. The highest BCUT2D eigenvalue weighted by Gasteiger charge is 2.09. The molecule has 5 heteroatoms. The quantitative estimate of drug-likeness (QED) is 0.777. The van der Waals surface area contributed by atoms with Gasteiger partial charge in [-0.1, -0.05) is 31.2 Å². The van der Waals surface area contributed by atoms with Crippen LogP contribution in [0.3, 0.4) is 0 Å². The molecule has 1 heterocycles. The van der Waals surface area contributed by atoms with Gasteiger partial charge in [0.05, 0.1) is 5.69 Å². The molecule has 20 heavy (non-hydrogen) atoms. The number of nitrogens with zero attached hydrogens (tertiary/aromatic N) is 1. The van der Waals surface area contributed by atoms with Crippen molar-refractivity contribution in [1.29, 1.82) is 0 Å². The molecule has 0 bridgehead atoms. The van der Waals surface area contributed by atoms with Crippen LogP contribution in [-0.2, 0) is 13.0 Å². The number of carbonyl (C=O) groups is 1. The van der Waals surface area contributed by atoms with Crippen LogP contribution in [0.2, 0.25) is 0 Å². The number of nitrogens with one attached hydrogen (secondary N) is 1. The van der Waals surface area contributed by atoms with Gasteiger partial charge in [0.1, 0.15) is 5.82 Å². The van der Waals surface area contributed by atoms with Crippen LogP contribution < -0.4 is 11.1 Å². The third kappa shape index (κ3) is 3.06. The molecule has 0 radical (unpaired) electrons. The van der Waals surface area contributed by atoms with Crippen molar-refractivity contribution < 1.29 is 9.90 Å². The summed E-state index contributed by atoms with van der Waals surface area (Å²) in [6, 6.07) is 11.0. The van der Waals surface area contributed by atoms with Gasteiger partial charge in [0.25, 0.3) is 0 Å². The monoisotopic (exact) mass is 271 g/mol. The summed E-state index contributed by atoms with van der Waals surface area (Å²) in [5, 5.41) is 12.0. The van der Waals surface area contributed by atoms with Crippen LogP contribution in [0.25, 0.3) is 0 Å². The lowest BCUT2D eigenvalue weighted by molar-refractivity contribution is 0.0690. The average molecular weight is 271 g/mol. The van der Waals surface area contributed by atoms with Crippen molar-refractivity contribution in [2.24, 2.45) is 0 Å². The maximum absolute atomic E-state index is 10.9. The number of carboxylic acid groups (broad SMARTS) is 1. The fraction of sp³-hybridized carbons (Fsp3) is 0.200. The molecule has 104 valence electrons. The molecule has 0 unspecified atom stereocenters. The molecule has 1 aromatic heterocycles. The van der Waals surface area contributed by atoms with Gasteiger partial charge in [-0.05, 0) is 29.7 Å². The van der Waals surface area contributed by atoms with E-state index in [1.54, 1.807) is 6.07 Å². The first-order valence-electron chi connectivity index (χ1n) is 6.42. The van der Waals surface area contributed by atoms with Crippen LogP contribution in [0, 0.1) is 0 Å². The normalized spacial score (nSPS) is 10.2. The molecule has 0 atom stereocenters. The van der Waals surface area contributed by atoms with Crippen LogP contribution >= 0.6 is 0 Å². The van der Waals surface area contributed by atoms with Gasteiger partial charge in [-0.15, -0.1) is 0 Å². The Morgan fingerprint density at radius 2 is 1.95 bits per heavy atom. The molecule has 2 rings (SSSR count). The van der Waals surface area contributed by atoms with Gasteiger partial charge >= 0.3 is 5.97 Å². The summed E-state index contributed by atoms with van der Waals surface area (Å²) in [6.07, 6.45) is 0.940.